The zero-order valence-electron chi connectivity index (χ0n) is 17.1. The van der Waals surface area contributed by atoms with Gasteiger partial charge in [-0.25, -0.2) is 4.79 Å². The van der Waals surface area contributed by atoms with Gasteiger partial charge in [-0.15, -0.1) is 0 Å². The molecule has 2 aromatic rings. The molecule has 29 heavy (non-hydrogen) atoms. The second-order valence-corrected chi connectivity index (χ2v) is 7.93. The molecule has 1 atom stereocenters. The topological polar surface area (TPSA) is 118 Å². The monoisotopic (exact) mass is 405 g/mol. The lowest BCUT2D eigenvalue weighted by molar-refractivity contribution is -0.121. The van der Waals surface area contributed by atoms with Crippen molar-refractivity contribution in [3.63, 3.8) is 0 Å². The van der Waals surface area contributed by atoms with Gasteiger partial charge in [0.2, 0.25) is 5.91 Å². The van der Waals surface area contributed by atoms with Crippen molar-refractivity contribution >= 4 is 16.9 Å². The first-order chi connectivity index (χ1) is 13.7. The number of aryl methyl sites for hydroxylation is 2. The van der Waals surface area contributed by atoms with Crippen LogP contribution in [0.15, 0.2) is 15.3 Å². The molecule has 1 aliphatic heterocycles. The summed E-state index contributed by atoms with van der Waals surface area (Å²) in [7, 11) is 1.53. The van der Waals surface area contributed by atoms with Crippen LogP contribution >= 0.6 is 0 Å². The third-order valence-corrected chi connectivity index (χ3v) is 5.24. The van der Waals surface area contributed by atoms with Crippen LogP contribution in [0.4, 0.5) is 0 Å². The lowest BCUT2D eigenvalue weighted by Crippen LogP contribution is -2.35. The SMILES string of the molecule is COc1cc2c(c3oc(=O)c(CC(=O)NC[C@@H](O)CO)c(C)c13)CCC(C)(C)O2. The Labute approximate surface area is 168 Å². The molecule has 3 N–H and O–H groups in total. The standard InChI is InChI=1S/C21H27NO7/c1-11-14(7-17(25)22-9-12(24)10-23)20(26)28-19-13-5-6-21(2,3)29-15(13)8-16(27-4)18(11)19/h8,12,23-24H,5-7,9-10H2,1-4H3,(H,22,25)/t12-/m1/s1. The van der Waals surface area contributed by atoms with Crippen molar-refractivity contribution in [3.8, 4) is 11.5 Å². The number of amides is 1. The van der Waals surface area contributed by atoms with Crippen LogP contribution in [0.5, 0.6) is 11.5 Å². The molecule has 3 rings (SSSR count). The summed E-state index contributed by atoms with van der Waals surface area (Å²) in [6.45, 7) is 5.20. The minimum atomic E-state index is -1.05. The molecule has 1 aromatic carbocycles. The average molecular weight is 405 g/mol. The predicted octanol–water partition coefficient (Wildman–Crippen LogP) is 1.23. The molecule has 8 heteroatoms. The van der Waals surface area contributed by atoms with Crippen molar-refractivity contribution in [3.05, 3.63) is 33.2 Å². The number of hydrogen-bond donors (Lipinski definition) is 3. The lowest BCUT2D eigenvalue weighted by atomic mass is 9.91. The minimum Gasteiger partial charge on any atom is -0.496 e. The Balaban J connectivity index is 2.05. The van der Waals surface area contributed by atoms with Gasteiger partial charge < -0.3 is 29.4 Å². The maximum absolute atomic E-state index is 12.7. The van der Waals surface area contributed by atoms with Crippen LogP contribution in [-0.2, 0) is 17.6 Å². The van der Waals surface area contributed by atoms with E-state index in [1.54, 1.807) is 13.0 Å². The molecule has 0 saturated heterocycles. The summed E-state index contributed by atoms with van der Waals surface area (Å²) in [6, 6.07) is 1.80. The van der Waals surface area contributed by atoms with Gasteiger partial charge in [-0.3, -0.25) is 4.79 Å². The van der Waals surface area contributed by atoms with Gasteiger partial charge in [0.1, 0.15) is 22.7 Å². The van der Waals surface area contributed by atoms with Crippen LogP contribution in [0, 0.1) is 6.92 Å². The largest absolute Gasteiger partial charge is 0.496 e. The number of hydrogen-bond acceptors (Lipinski definition) is 7. The lowest BCUT2D eigenvalue weighted by Gasteiger charge is -2.33. The highest BCUT2D eigenvalue weighted by molar-refractivity contribution is 5.93. The van der Waals surface area contributed by atoms with Crippen LogP contribution in [0.2, 0.25) is 0 Å². The van der Waals surface area contributed by atoms with E-state index in [2.05, 4.69) is 5.32 Å². The summed E-state index contributed by atoms with van der Waals surface area (Å²) in [4.78, 5) is 24.9. The zero-order chi connectivity index (χ0) is 21.3. The van der Waals surface area contributed by atoms with Gasteiger partial charge in [-0.1, -0.05) is 0 Å². The maximum Gasteiger partial charge on any atom is 0.340 e. The third-order valence-electron chi connectivity index (χ3n) is 5.24. The Hall–Kier alpha value is -2.58. The van der Waals surface area contributed by atoms with E-state index >= 15 is 0 Å². The highest BCUT2D eigenvalue weighted by atomic mass is 16.5. The molecule has 8 nitrogen and oxygen atoms in total. The molecule has 0 spiro atoms. The maximum atomic E-state index is 12.7. The number of carbonyl (C=O) groups excluding carboxylic acids is 1. The first-order valence-electron chi connectivity index (χ1n) is 9.57. The fourth-order valence-electron chi connectivity index (χ4n) is 3.57. The van der Waals surface area contributed by atoms with Crippen molar-refractivity contribution < 1.29 is 28.9 Å². The Kier molecular flexibility index (Phi) is 5.86. The number of benzene rings is 1. The highest BCUT2D eigenvalue weighted by Crippen LogP contribution is 2.43. The molecule has 158 valence electrons. The molecule has 0 aliphatic carbocycles. The van der Waals surface area contributed by atoms with E-state index in [4.69, 9.17) is 19.0 Å². The number of carbonyl (C=O) groups is 1. The molecule has 0 radical (unpaired) electrons. The van der Waals surface area contributed by atoms with Gasteiger partial charge >= 0.3 is 5.63 Å². The molecule has 2 heterocycles. The summed E-state index contributed by atoms with van der Waals surface area (Å²) in [5.74, 6) is 0.695. The first kappa shape index (κ1) is 21.1. The van der Waals surface area contributed by atoms with Crippen molar-refractivity contribution in [2.45, 2.75) is 51.7 Å². The second kappa shape index (κ2) is 8.04. The molecular weight excluding hydrogens is 378 g/mol. The molecule has 0 saturated carbocycles. The normalized spacial score (nSPS) is 16.1. The van der Waals surface area contributed by atoms with Gasteiger partial charge in [0.25, 0.3) is 0 Å². The fourth-order valence-corrected chi connectivity index (χ4v) is 3.57. The smallest absolute Gasteiger partial charge is 0.340 e. The quantitative estimate of drug-likeness (QED) is 0.619. The van der Waals surface area contributed by atoms with Crippen LogP contribution in [0.25, 0.3) is 11.0 Å². The number of aliphatic hydroxyl groups is 2. The Morgan fingerprint density at radius 1 is 1.41 bits per heavy atom. The van der Waals surface area contributed by atoms with Crippen molar-refractivity contribution in [1.82, 2.24) is 5.32 Å². The number of nitrogens with one attached hydrogen (secondary N) is 1. The van der Waals surface area contributed by atoms with E-state index in [-0.39, 0.29) is 24.1 Å². The van der Waals surface area contributed by atoms with Gasteiger partial charge in [-0.2, -0.15) is 0 Å². The summed E-state index contributed by atoms with van der Waals surface area (Å²) in [5, 5.41) is 21.3. The predicted molar refractivity (Wildman–Crippen MR) is 107 cm³/mol. The number of rotatable bonds is 6. The fraction of sp³-hybridized carbons (Fsp3) is 0.524. The number of fused-ring (bicyclic) bond motifs is 3. The van der Waals surface area contributed by atoms with Gasteiger partial charge in [-0.05, 0) is 39.2 Å². The molecular formula is C21H27NO7. The average Bonchev–Trinajstić information content (AvgIpc) is 2.67. The summed E-state index contributed by atoms with van der Waals surface area (Å²) < 4.78 is 17.2. The number of ether oxygens (including phenoxy) is 2. The van der Waals surface area contributed by atoms with Crippen LogP contribution in [0.1, 0.15) is 37.0 Å². The molecule has 0 fully saturated rings. The van der Waals surface area contributed by atoms with Gasteiger partial charge in [0, 0.05) is 18.2 Å². The van der Waals surface area contributed by atoms with E-state index in [1.807, 2.05) is 13.8 Å². The second-order valence-electron chi connectivity index (χ2n) is 7.93. The van der Waals surface area contributed by atoms with E-state index in [1.165, 1.54) is 7.11 Å². The molecule has 0 bridgehead atoms. The van der Waals surface area contributed by atoms with E-state index in [0.717, 1.165) is 12.0 Å². The van der Waals surface area contributed by atoms with E-state index in [9.17, 15) is 14.7 Å². The molecule has 0 unspecified atom stereocenters. The van der Waals surface area contributed by atoms with E-state index in [0.29, 0.717) is 34.5 Å². The highest BCUT2D eigenvalue weighted by Gasteiger charge is 2.31. The number of methoxy groups -OCH3 is 1. The number of aliphatic hydroxyl groups excluding tert-OH is 2. The summed E-state index contributed by atoms with van der Waals surface area (Å²) in [6.07, 6.45) is 0.224. The molecule has 1 aromatic heterocycles. The Morgan fingerprint density at radius 2 is 2.14 bits per heavy atom. The van der Waals surface area contributed by atoms with E-state index < -0.39 is 24.2 Å². The summed E-state index contributed by atoms with van der Waals surface area (Å²) >= 11 is 0. The van der Waals surface area contributed by atoms with Gasteiger partial charge in [0.05, 0.1) is 37.2 Å². The summed E-state index contributed by atoms with van der Waals surface area (Å²) in [5.41, 5.74) is 1.17. The van der Waals surface area contributed by atoms with Crippen LogP contribution in [0.3, 0.4) is 0 Å². The van der Waals surface area contributed by atoms with Crippen molar-refractivity contribution in [1.29, 1.82) is 0 Å². The van der Waals surface area contributed by atoms with Gasteiger partial charge in [0.15, 0.2) is 0 Å². The van der Waals surface area contributed by atoms with Crippen LogP contribution in [-0.4, -0.2) is 48.1 Å². The Morgan fingerprint density at radius 3 is 2.79 bits per heavy atom. The molecule has 1 amide bonds. The minimum absolute atomic E-state index is 0.1000. The molecule has 1 aliphatic rings. The van der Waals surface area contributed by atoms with Crippen molar-refractivity contribution in [2.75, 3.05) is 20.3 Å². The zero-order valence-corrected chi connectivity index (χ0v) is 17.1. The Bertz CT molecular complexity index is 993. The third kappa shape index (κ3) is 4.23. The first-order valence-corrected chi connectivity index (χ1v) is 9.57. The van der Waals surface area contributed by atoms with Crippen molar-refractivity contribution in [2.24, 2.45) is 0 Å². The van der Waals surface area contributed by atoms with Crippen LogP contribution < -0.4 is 20.4 Å².